The van der Waals surface area contributed by atoms with E-state index in [1.165, 1.54) is 0 Å². The van der Waals surface area contributed by atoms with E-state index in [0.717, 1.165) is 19.5 Å². The van der Waals surface area contributed by atoms with Crippen LogP contribution in [-0.2, 0) is 9.59 Å². The van der Waals surface area contributed by atoms with Crippen molar-refractivity contribution in [2.75, 3.05) is 41.3 Å². The number of hydrogen-bond acceptors (Lipinski definition) is 4. The molecule has 0 unspecified atom stereocenters. The number of halogens is 3. The lowest BCUT2D eigenvalue weighted by Crippen LogP contribution is -2.46. The predicted octanol–water partition coefficient (Wildman–Crippen LogP) is 0.0518. The molecule has 8 nitrogen and oxygen atoms in total. The predicted molar refractivity (Wildman–Crippen MR) is 81.9 cm³/mol. The van der Waals surface area contributed by atoms with E-state index in [-0.39, 0.29) is 18.0 Å². The van der Waals surface area contributed by atoms with Crippen molar-refractivity contribution in [1.29, 1.82) is 0 Å². The number of carbonyl (C=O) groups is 3. The monoisotopic (exact) mass is 368 g/mol. The largest absolute Gasteiger partial charge is 0.490 e. The van der Waals surface area contributed by atoms with Gasteiger partial charge in [0, 0.05) is 40.3 Å². The van der Waals surface area contributed by atoms with E-state index in [0.29, 0.717) is 12.0 Å². The third kappa shape index (κ3) is 4.97. The van der Waals surface area contributed by atoms with Crippen molar-refractivity contribution in [2.45, 2.75) is 24.7 Å². The van der Waals surface area contributed by atoms with Crippen molar-refractivity contribution in [3.8, 4) is 0 Å². The first kappa shape index (κ1) is 21.0. The first-order valence-corrected chi connectivity index (χ1v) is 7.60. The lowest BCUT2D eigenvalue weighted by atomic mass is 10.0. The lowest BCUT2D eigenvalue weighted by Gasteiger charge is -2.27. The summed E-state index contributed by atoms with van der Waals surface area (Å²) in [5.74, 6) is -2.26. The van der Waals surface area contributed by atoms with Crippen LogP contribution in [0.5, 0.6) is 0 Å². The van der Waals surface area contributed by atoms with Crippen LogP contribution in [0.4, 0.5) is 18.0 Å². The fraction of sp³-hybridized carbons (Fsp3) is 0.786. The van der Waals surface area contributed by atoms with Gasteiger partial charge in [-0.25, -0.2) is 9.59 Å². The number of carbonyl (C=O) groups excluding carboxylic acids is 2. The molecule has 25 heavy (non-hydrogen) atoms. The van der Waals surface area contributed by atoms with Crippen LogP contribution >= 0.6 is 0 Å². The maximum absolute atomic E-state index is 11.9. The summed E-state index contributed by atoms with van der Waals surface area (Å²) >= 11 is 0. The van der Waals surface area contributed by atoms with E-state index in [1.807, 2.05) is 11.9 Å². The van der Waals surface area contributed by atoms with Gasteiger partial charge in [0.05, 0.1) is 6.04 Å². The molecule has 0 aliphatic carbocycles. The van der Waals surface area contributed by atoms with Crippen molar-refractivity contribution in [1.82, 2.24) is 20.0 Å². The van der Waals surface area contributed by atoms with Crippen LogP contribution in [0, 0.1) is 5.92 Å². The molecule has 2 saturated heterocycles. The van der Waals surface area contributed by atoms with Gasteiger partial charge in [-0.3, -0.25) is 9.69 Å². The zero-order valence-corrected chi connectivity index (χ0v) is 14.5. The maximum atomic E-state index is 11.9. The highest BCUT2D eigenvalue weighted by Gasteiger charge is 2.48. The molecule has 2 N–H and O–H groups in total. The molecule has 2 rings (SSSR count). The molecule has 0 bridgehead atoms. The van der Waals surface area contributed by atoms with Crippen LogP contribution < -0.4 is 5.32 Å². The molecule has 2 fully saturated rings. The minimum atomic E-state index is -5.08. The number of carboxylic acids is 1. The van der Waals surface area contributed by atoms with Crippen LogP contribution in [0.15, 0.2) is 0 Å². The smallest absolute Gasteiger partial charge is 0.475 e. The number of nitrogens with zero attached hydrogens (tertiary/aromatic N) is 3. The summed E-state index contributed by atoms with van der Waals surface area (Å²) in [6.45, 7) is 1.49. The van der Waals surface area contributed by atoms with Crippen molar-refractivity contribution in [2.24, 2.45) is 5.92 Å². The molecule has 2 aliphatic rings. The van der Waals surface area contributed by atoms with Crippen LogP contribution in [0.25, 0.3) is 0 Å². The number of likely N-dealkylation sites (tertiary alicyclic amines) is 2. The summed E-state index contributed by atoms with van der Waals surface area (Å²) in [4.78, 5) is 38.1. The van der Waals surface area contributed by atoms with E-state index >= 15 is 0 Å². The number of hydrogen-bond donors (Lipinski definition) is 2. The normalized spacial score (nSPS) is 25.7. The molecule has 11 heteroatoms. The molecule has 3 atom stereocenters. The van der Waals surface area contributed by atoms with Crippen molar-refractivity contribution in [3.05, 3.63) is 0 Å². The number of amides is 3. The summed E-state index contributed by atoms with van der Waals surface area (Å²) in [5.41, 5.74) is 0. The topological polar surface area (TPSA) is 93.2 Å². The maximum Gasteiger partial charge on any atom is 0.490 e. The standard InChI is InChI=1S/C12H22N4O2.C2HF3O2/c1-13-11(17)9-5-8-6-16(12(18)14(2)3)7-10(8)15(9)4;3-2(4,5)1(6)7/h8-10H,5-7H2,1-4H3,(H,13,17);(H,6,7)/t8-,9-,10+;/m0./s1. The third-order valence-electron chi connectivity index (χ3n) is 4.39. The molecule has 0 spiro atoms. The average molecular weight is 368 g/mol. The van der Waals surface area contributed by atoms with E-state index in [4.69, 9.17) is 9.90 Å². The fourth-order valence-corrected chi connectivity index (χ4v) is 3.13. The summed E-state index contributed by atoms with van der Waals surface area (Å²) in [7, 11) is 7.20. The molecule has 0 saturated carbocycles. The van der Waals surface area contributed by atoms with Crippen LogP contribution in [0.3, 0.4) is 0 Å². The first-order valence-electron chi connectivity index (χ1n) is 7.60. The van der Waals surface area contributed by atoms with Crippen LogP contribution in [0.2, 0.25) is 0 Å². The summed E-state index contributed by atoms with van der Waals surface area (Å²) in [6, 6.07) is 0.340. The Hall–Kier alpha value is -2.04. The molecule has 0 aromatic carbocycles. The highest BCUT2D eigenvalue weighted by molar-refractivity contribution is 5.82. The summed E-state index contributed by atoms with van der Waals surface area (Å²) in [6.07, 6.45) is -4.24. The van der Waals surface area contributed by atoms with Gasteiger partial charge in [-0.2, -0.15) is 13.2 Å². The molecule has 144 valence electrons. The number of carboxylic acid groups (broad SMARTS) is 1. The van der Waals surface area contributed by atoms with E-state index in [2.05, 4.69) is 10.2 Å². The molecule has 0 aromatic heterocycles. The second-order valence-electron chi connectivity index (χ2n) is 6.24. The second-order valence-corrected chi connectivity index (χ2v) is 6.24. The number of aliphatic carboxylic acids is 1. The molecule has 2 aliphatic heterocycles. The van der Waals surface area contributed by atoms with Gasteiger partial charge >= 0.3 is 18.2 Å². The molecular weight excluding hydrogens is 345 g/mol. The number of alkyl halides is 3. The van der Waals surface area contributed by atoms with Crippen molar-refractivity contribution < 1.29 is 32.7 Å². The minimum absolute atomic E-state index is 0.0402. The minimum Gasteiger partial charge on any atom is -0.475 e. The van der Waals surface area contributed by atoms with E-state index in [1.54, 1.807) is 26.0 Å². The Morgan fingerprint density at radius 2 is 1.72 bits per heavy atom. The number of urea groups is 1. The van der Waals surface area contributed by atoms with Gasteiger partial charge < -0.3 is 20.2 Å². The fourth-order valence-electron chi connectivity index (χ4n) is 3.13. The Kier molecular flexibility index (Phi) is 6.63. The molecule has 2 heterocycles. The first-order chi connectivity index (χ1) is 11.4. The average Bonchev–Trinajstić information content (AvgIpc) is 3.05. The molecule has 0 aromatic rings. The lowest BCUT2D eigenvalue weighted by molar-refractivity contribution is -0.192. The number of fused-ring (bicyclic) bond motifs is 1. The Bertz CT molecular complexity index is 527. The SMILES string of the molecule is CNC(=O)[C@@H]1C[C@H]2CN(C(=O)N(C)C)C[C@H]2N1C.O=C(O)C(F)(F)F. The van der Waals surface area contributed by atoms with E-state index < -0.39 is 12.1 Å². The quantitative estimate of drug-likeness (QED) is 0.682. The second kappa shape index (κ2) is 7.89. The summed E-state index contributed by atoms with van der Waals surface area (Å²) in [5, 5.41) is 9.83. The highest BCUT2D eigenvalue weighted by Crippen LogP contribution is 2.34. The Labute approximate surface area is 143 Å². The Morgan fingerprint density at radius 3 is 2.08 bits per heavy atom. The van der Waals surface area contributed by atoms with Gasteiger partial charge in [0.2, 0.25) is 5.91 Å². The van der Waals surface area contributed by atoms with Crippen LogP contribution in [0.1, 0.15) is 6.42 Å². The van der Waals surface area contributed by atoms with Gasteiger partial charge in [-0.05, 0) is 19.4 Å². The van der Waals surface area contributed by atoms with E-state index in [9.17, 15) is 22.8 Å². The molecule has 0 radical (unpaired) electrons. The number of likely N-dealkylation sites (N-methyl/N-ethyl adjacent to an activating group) is 2. The highest BCUT2D eigenvalue weighted by atomic mass is 19.4. The van der Waals surface area contributed by atoms with Gasteiger partial charge in [0.15, 0.2) is 0 Å². The van der Waals surface area contributed by atoms with Crippen molar-refractivity contribution >= 4 is 17.9 Å². The number of rotatable bonds is 1. The van der Waals surface area contributed by atoms with Gasteiger partial charge in [0.1, 0.15) is 0 Å². The Morgan fingerprint density at radius 1 is 1.20 bits per heavy atom. The van der Waals surface area contributed by atoms with Crippen molar-refractivity contribution in [3.63, 3.8) is 0 Å². The number of nitrogens with one attached hydrogen (secondary N) is 1. The summed E-state index contributed by atoms with van der Waals surface area (Å²) < 4.78 is 31.7. The van der Waals surface area contributed by atoms with Gasteiger partial charge in [-0.15, -0.1) is 0 Å². The third-order valence-corrected chi connectivity index (χ3v) is 4.39. The zero-order chi connectivity index (χ0) is 19.5. The zero-order valence-electron chi connectivity index (χ0n) is 14.5. The van der Waals surface area contributed by atoms with Crippen LogP contribution in [-0.4, -0.2) is 97.3 Å². The molecular formula is C14H23F3N4O4. The molecule has 3 amide bonds. The Balaban J connectivity index is 0.000000381. The van der Waals surface area contributed by atoms with Gasteiger partial charge in [0.25, 0.3) is 0 Å². The van der Waals surface area contributed by atoms with Gasteiger partial charge in [-0.1, -0.05) is 0 Å².